The van der Waals surface area contributed by atoms with Gasteiger partial charge in [-0.05, 0) is 51.5 Å². The quantitative estimate of drug-likeness (QED) is 0.554. The number of ether oxygens (including phenoxy) is 1. The summed E-state index contributed by atoms with van der Waals surface area (Å²) in [5, 5.41) is 18.7. The maximum absolute atomic E-state index is 14.1. The van der Waals surface area contributed by atoms with Gasteiger partial charge in [-0.15, -0.1) is 0 Å². The minimum absolute atomic E-state index is 0.00710. The monoisotopic (exact) mass is 509 g/mol. The van der Waals surface area contributed by atoms with E-state index in [4.69, 9.17) is 10.5 Å². The lowest BCUT2D eigenvalue weighted by Gasteiger charge is -2.45. The summed E-state index contributed by atoms with van der Waals surface area (Å²) in [6.07, 6.45) is 5.33. The van der Waals surface area contributed by atoms with Gasteiger partial charge in [0.1, 0.15) is 28.7 Å². The average molecular weight is 510 g/mol. The van der Waals surface area contributed by atoms with Crippen LogP contribution in [0.25, 0.3) is 11.3 Å². The zero-order valence-corrected chi connectivity index (χ0v) is 21.0. The molecule has 1 amide bonds. The highest BCUT2D eigenvalue weighted by Gasteiger charge is 2.51. The first-order valence-corrected chi connectivity index (χ1v) is 12.2. The molecular weight excluding hydrogens is 480 g/mol. The summed E-state index contributed by atoms with van der Waals surface area (Å²) in [5.41, 5.74) is 7.16. The van der Waals surface area contributed by atoms with Crippen LogP contribution < -0.4 is 5.73 Å². The lowest BCUT2D eigenvalue weighted by atomic mass is 9.65. The molecule has 0 unspecified atom stereocenters. The minimum Gasteiger partial charge on any atom is -0.444 e. The summed E-state index contributed by atoms with van der Waals surface area (Å²) >= 11 is 0. The van der Waals surface area contributed by atoms with E-state index in [2.05, 4.69) is 16.3 Å². The molecule has 9 nitrogen and oxygen atoms in total. The number of nitrogens with zero attached hydrogens (tertiary/aromatic N) is 6. The van der Waals surface area contributed by atoms with Crippen molar-refractivity contribution in [3.8, 4) is 17.3 Å². The van der Waals surface area contributed by atoms with Crippen LogP contribution in [-0.4, -0.2) is 49.2 Å². The van der Waals surface area contributed by atoms with Gasteiger partial charge in [0.05, 0.1) is 18.8 Å². The van der Waals surface area contributed by atoms with Crippen LogP contribution in [0.15, 0.2) is 30.6 Å². The van der Waals surface area contributed by atoms with Crippen molar-refractivity contribution < 1.29 is 18.3 Å². The Labute approximate surface area is 213 Å². The SMILES string of the molecule is CC(C)(C)OC(=O)N1CCC2(CC(n3nc(-c4cnn(Cc5cccc(F)c5F)c4)c(C#N)c3N)C2)C1. The first kappa shape index (κ1) is 24.7. The maximum Gasteiger partial charge on any atom is 0.410 e. The van der Waals surface area contributed by atoms with E-state index in [0.29, 0.717) is 24.3 Å². The van der Waals surface area contributed by atoms with E-state index in [1.165, 1.54) is 23.0 Å². The van der Waals surface area contributed by atoms with Gasteiger partial charge in [0, 0.05) is 30.4 Å². The van der Waals surface area contributed by atoms with Gasteiger partial charge in [-0.25, -0.2) is 18.3 Å². The van der Waals surface area contributed by atoms with Gasteiger partial charge in [-0.1, -0.05) is 12.1 Å². The lowest BCUT2D eigenvalue weighted by molar-refractivity contribution is 0.0188. The van der Waals surface area contributed by atoms with E-state index in [1.807, 2.05) is 20.8 Å². The number of amides is 1. The van der Waals surface area contributed by atoms with Crippen molar-refractivity contribution in [3.63, 3.8) is 0 Å². The Bertz CT molecular complexity index is 1390. The molecule has 0 radical (unpaired) electrons. The summed E-state index contributed by atoms with van der Waals surface area (Å²) in [7, 11) is 0. The van der Waals surface area contributed by atoms with Crippen molar-refractivity contribution in [1.29, 1.82) is 5.26 Å². The Morgan fingerprint density at radius 3 is 2.78 bits per heavy atom. The molecule has 2 aromatic heterocycles. The summed E-state index contributed by atoms with van der Waals surface area (Å²) in [6, 6.07) is 6.15. The molecule has 194 valence electrons. The normalized spacial score (nSPS) is 21.2. The van der Waals surface area contributed by atoms with Crippen LogP contribution >= 0.6 is 0 Å². The minimum atomic E-state index is -0.919. The average Bonchev–Trinajstić information content (AvgIpc) is 3.52. The second-order valence-electron chi connectivity index (χ2n) is 11.0. The fourth-order valence-electron chi connectivity index (χ4n) is 5.32. The number of likely N-dealkylation sites (tertiary alicyclic amines) is 1. The Morgan fingerprint density at radius 1 is 1.32 bits per heavy atom. The third kappa shape index (κ3) is 4.63. The van der Waals surface area contributed by atoms with E-state index in [9.17, 15) is 18.8 Å². The molecule has 1 spiro atoms. The molecule has 2 aliphatic rings. The van der Waals surface area contributed by atoms with E-state index in [0.717, 1.165) is 25.3 Å². The smallest absolute Gasteiger partial charge is 0.410 e. The van der Waals surface area contributed by atoms with Gasteiger partial charge >= 0.3 is 6.09 Å². The Hall–Kier alpha value is -3.94. The number of halogens is 2. The van der Waals surface area contributed by atoms with Crippen LogP contribution in [0.4, 0.5) is 19.4 Å². The van der Waals surface area contributed by atoms with Crippen LogP contribution in [0.2, 0.25) is 0 Å². The van der Waals surface area contributed by atoms with Crippen molar-refractivity contribution in [2.45, 2.75) is 58.2 Å². The molecule has 1 saturated carbocycles. The number of aromatic nitrogens is 4. The molecule has 37 heavy (non-hydrogen) atoms. The molecular formula is C26H29F2N7O2. The maximum atomic E-state index is 14.1. The Balaban J connectivity index is 1.30. The van der Waals surface area contributed by atoms with Crippen LogP contribution in [0.3, 0.4) is 0 Å². The van der Waals surface area contributed by atoms with E-state index in [-0.39, 0.29) is 41.0 Å². The first-order valence-electron chi connectivity index (χ1n) is 12.2. The molecule has 2 N–H and O–H groups in total. The van der Waals surface area contributed by atoms with Crippen molar-refractivity contribution >= 4 is 11.9 Å². The Morgan fingerprint density at radius 2 is 2.08 bits per heavy atom. The van der Waals surface area contributed by atoms with Gasteiger partial charge in [0.2, 0.25) is 0 Å². The Kier molecular flexibility index (Phi) is 5.93. The molecule has 1 aliphatic carbocycles. The number of anilines is 1. The van der Waals surface area contributed by atoms with Crippen LogP contribution in [0.5, 0.6) is 0 Å². The number of hydrogen-bond donors (Lipinski definition) is 1. The van der Waals surface area contributed by atoms with E-state index >= 15 is 0 Å². The second kappa shape index (κ2) is 8.87. The van der Waals surface area contributed by atoms with Crippen LogP contribution in [-0.2, 0) is 11.3 Å². The predicted molar refractivity (Wildman–Crippen MR) is 131 cm³/mol. The number of nitriles is 1. The third-order valence-corrected chi connectivity index (χ3v) is 7.10. The highest BCUT2D eigenvalue weighted by atomic mass is 19.2. The van der Waals surface area contributed by atoms with Crippen molar-refractivity contribution in [2.24, 2.45) is 5.41 Å². The van der Waals surface area contributed by atoms with Gasteiger partial charge in [0.25, 0.3) is 0 Å². The standard InChI is InChI=1S/C26H29F2N7O2/c1-25(2,3)37-24(36)33-8-7-26(15-33)9-18(10-26)35-23(30)19(11-29)22(32-35)17-12-31-34(14-17)13-16-5-4-6-20(27)21(16)28/h4-6,12,14,18H,7-10,13,15,30H2,1-3H3. The molecule has 2 fully saturated rings. The van der Waals surface area contributed by atoms with E-state index in [1.54, 1.807) is 15.8 Å². The molecule has 3 heterocycles. The molecule has 0 bridgehead atoms. The number of rotatable bonds is 4. The van der Waals surface area contributed by atoms with Crippen molar-refractivity contribution in [1.82, 2.24) is 24.5 Å². The summed E-state index contributed by atoms with van der Waals surface area (Å²) in [5.74, 6) is -1.55. The topological polar surface area (TPSA) is 115 Å². The zero-order valence-electron chi connectivity index (χ0n) is 21.0. The molecule has 5 rings (SSSR count). The first-order chi connectivity index (χ1) is 17.5. The zero-order chi connectivity index (χ0) is 26.5. The molecule has 1 saturated heterocycles. The largest absolute Gasteiger partial charge is 0.444 e. The fraction of sp³-hybridized carbons (Fsp3) is 0.462. The molecule has 11 heteroatoms. The summed E-state index contributed by atoms with van der Waals surface area (Å²) in [4.78, 5) is 14.2. The summed E-state index contributed by atoms with van der Waals surface area (Å²) < 4.78 is 36.3. The highest BCUT2D eigenvalue weighted by Crippen LogP contribution is 2.54. The van der Waals surface area contributed by atoms with Crippen molar-refractivity contribution in [3.05, 3.63) is 53.4 Å². The number of nitrogens with two attached hydrogens (primary N) is 1. The van der Waals surface area contributed by atoms with Gasteiger partial charge in [-0.3, -0.25) is 4.68 Å². The highest BCUT2D eigenvalue weighted by molar-refractivity contribution is 5.72. The van der Waals surface area contributed by atoms with Gasteiger partial charge in [-0.2, -0.15) is 15.5 Å². The number of benzene rings is 1. The number of carbonyl (C=O) groups excluding carboxylic acids is 1. The number of hydrogen-bond acceptors (Lipinski definition) is 6. The van der Waals surface area contributed by atoms with E-state index < -0.39 is 17.2 Å². The number of carbonyl (C=O) groups is 1. The van der Waals surface area contributed by atoms with Crippen LogP contribution in [0, 0.1) is 28.4 Å². The van der Waals surface area contributed by atoms with Crippen molar-refractivity contribution in [2.75, 3.05) is 18.8 Å². The fourth-order valence-corrected chi connectivity index (χ4v) is 5.32. The van der Waals surface area contributed by atoms with Gasteiger partial charge in [0.15, 0.2) is 11.6 Å². The third-order valence-electron chi connectivity index (χ3n) is 7.10. The number of nitrogen functional groups attached to an aromatic ring is 1. The molecule has 1 aromatic carbocycles. The lowest BCUT2D eigenvalue weighted by Crippen LogP contribution is -2.43. The molecule has 3 aromatic rings. The summed E-state index contributed by atoms with van der Waals surface area (Å²) in [6.45, 7) is 6.86. The van der Waals surface area contributed by atoms with Crippen LogP contribution in [0.1, 0.15) is 57.2 Å². The van der Waals surface area contributed by atoms with Gasteiger partial charge < -0.3 is 15.4 Å². The molecule has 0 atom stereocenters. The molecule has 1 aliphatic heterocycles. The predicted octanol–water partition coefficient (Wildman–Crippen LogP) is 4.49. The second-order valence-corrected chi connectivity index (χ2v) is 11.0.